The van der Waals surface area contributed by atoms with E-state index < -0.39 is 24.5 Å². The molecule has 1 aromatic rings. The Hall–Kier alpha value is -0.810. The highest BCUT2D eigenvalue weighted by Crippen LogP contribution is 2.30. The van der Waals surface area contributed by atoms with Gasteiger partial charge in [-0.05, 0) is 17.7 Å². The molecule has 0 amide bonds. The van der Waals surface area contributed by atoms with Gasteiger partial charge in [0, 0.05) is 0 Å². The van der Waals surface area contributed by atoms with E-state index >= 15 is 0 Å². The van der Waals surface area contributed by atoms with Gasteiger partial charge in [0.05, 0.1) is 11.6 Å². The molecule has 1 atom stereocenters. The van der Waals surface area contributed by atoms with Crippen LogP contribution in [0.15, 0.2) is 24.3 Å². The van der Waals surface area contributed by atoms with Gasteiger partial charge in [0.2, 0.25) is 0 Å². The quantitative estimate of drug-likeness (QED) is 0.794. The molecular formula is C9H10ClF4N. The standard InChI is InChI=1S/C9H9F4N.ClH/c10-5-8(14)6-2-1-3-7(4-6)9(11,12)13;/h1-4,8H,5,14H2;1H/t8-;/m0./s1. The molecule has 0 unspecified atom stereocenters. The first-order valence-corrected chi connectivity index (χ1v) is 3.94. The van der Waals surface area contributed by atoms with Gasteiger partial charge in [0.25, 0.3) is 0 Å². The number of alkyl halides is 4. The summed E-state index contributed by atoms with van der Waals surface area (Å²) in [5, 5.41) is 0. The molecule has 15 heavy (non-hydrogen) atoms. The molecule has 86 valence electrons. The lowest BCUT2D eigenvalue weighted by atomic mass is 10.1. The Morgan fingerprint density at radius 3 is 2.33 bits per heavy atom. The van der Waals surface area contributed by atoms with Crippen molar-refractivity contribution in [3.8, 4) is 0 Å². The highest BCUT2D eigenvalue weighted by molar-refractivity contribution is 5.85. The third-order valence-corrected chi connectivity index (χ3v) is 1.81. The predicted molar refractivity (Wildman–Crippen MR) is 51.6 cm³/mol. The van der Waals surface area contributed by atoms with Crippen molar-refractivity contribution in [3.05, 3.63) is 35.4 Å². The molecule has 6 heteroatoms. The number of nitrogens with two attached hydrogens (primary N) is 1. The smallest absolute Gasteiger partial charge is 0.322 e. The number of halogens is 5. The van der Waals surface area contributed by atoms with Gasteiger partial charge in [-0.15, -0.1) is 12.4 Å². The van der Waals surface area contributed by atoms with E-state index in [4.69, 9.17) is 5.73 Å². The Bertz CT molecular complexity index is 313. The van der Waals surface area contributed by atoms with Crippen LogP contribution in [0.3, 0.4) is 0 Å². The zero-order valence-electron chi connectivity index (χ0n) is 7.59. The number of benzene rings is 1. The van der Waals surface area contributed by atoms with Crippen molar-refractivity contribution in [2.45, 2.75) is 12.2 Å². The molecule has 0 bridgehead atoms. The van der Waals surface area contributed by atoms with Crippen LogP contribution in [0.4, 0.5) is 17.6 Å². The van der Waals surface area contributed by atoms with Crippen LogP contribution in [0, 0.1) is 0 Å². The molecule has 0 heterocycles. The fourth-order valence-corrected chi connectivity index (χ4v) is 1.03. The number of hydrogen-bond acceptors (Lipinski definition) is 1. The Balaban J connectivity index is 0.00000196. The maximum Gasteiger partial charge on any atom is 0.416 e. The Morgan fingerprint density at radius 2 is 1.87 bits per heavy atom. The summed E-state index contributed by atoms with van der Waals surface area (Å²) in [6, 6.07) is 3.39. The van der Waals surface area contributed by atoms with Gasteiger partial charge in [-0.3, -0.25) is 0 Å². The third-order valence-electron chi connectivity index (χ3n) is 1.81. The summed E-state index contributed by atoms with van der Waals surface area (Å²) in [6.45, 7) is -0.874. The van der Waals surface area contributed by atoms with E-state index in [0.29, 0.717) is 0 Å². The molecule has 0 saturated carbocycles. The highest BCUT2D eigenvalue weighted by Gasteiger charge is 2.30. The minimum absolute atomic E-state index is 0. The average Bonchev–Trinajstić information content (AvgIpc) is 2.15. The van der Waals surface area contributed by atoms with E-state index in [2.05, 4.69) is 0 Å². The van der Waals surface area contributed by atoms with Crippen molar-refractivity contribution in [1.29, 1.82) is 0 Å². The van der Waals surface area contributed by atoms with Crippen LogP contribution in [-0.4, -0.2) is 6.67 Å². The predicted octanol–water partition coefficient (Wildman–Crippen LogP) is 3.10. The first kappa shape index (κ1) is 14.2. The summed E-state index contributed by atoms with van der Waals surface area (Å²) in [5.74, 6) is 0. The van der Waals surface area contributed by atoms with Gasteiger partial charge in [-0.25, -0.2) is 4.39 Å². The van der Waals surface area contributed by atoms with Gasteiger partial charge in [-0.1, -0.05) is 12.1 Å². The lowest BCUT2D eigenvalue weighted by Gasteiger charge is -2.11. The molecule has 0 aliphatic carbocycles. The second-order valence-corrected chi connectivity index (χ2v) is 2.88. The van der Waals surface area contributed by atoms with Crippen LogP contribution in [0.1, 0.15) is 17.2 Å². The number of rotatable bonds is 2. The summed E-state index contributed by atoms with van der Waals surface area (Å²) in [4.78, 5) is 0. The normalized spacial score (nSPS) is 13.1. The molecule has 0 spiro atoms. The Labute approximate surface area is 90.7 Å². The fraction of sp³-hybridized carbons (Fsp3) is 0.333. The maximum atomic E-state index is 12.2. The monoisotopic (exact) mass is 243 g/mol. The summed E-state index contributed by atoms with van der Waals surface area (Å²) in [5.41, 5.74) is 4.61. The minimum Gasteiger partial charge on any atom is -0.322 e. The second-order valence-electron chi connectivity index (χ2n) is 2.88. The largest absolute Gasteiger partial charge is 0.416 e. The zero-order chi connectivity index (χ0) is 10.8. The molecule has 1 nitrogen and oxygen atoms in total. The van der Waals surface area contributed by atoms with Crippen LogP contribution in [0.25, 0.3) is 0 Å². The molecular weight excluding hydrogens is 234 g/mol. The summed E-state index contributed by atoms with van der Waals surface area (Å²) in [6.07, 6.45) is -4.41. The molecule has 1 rings (SSSR count). The van der Waals surface area contributed by atoms with Gasteiger partial charge in [0.1, 0.15) is 6.67 Å². The lowest BCUT2D eigenvalue weighted by Crippen LogP contribution is -2.14. The van der Waals surface area contributed by atoms with Crippen LogP contribution in [0.2, 0.25) is 0 Å². The maximum absolute atomic E-state index is 12.2. The van der Waals surface area contributed by atoms with E-state index in [-0.39, 0.29) is 18.0 Å². The Kier molecular flexibility index (Phi) is 5.03. The van der Waals surface area contributed by atoms with Crippen LogP contribution < -0.4 is 5.73 Å². The highest BCUT2D eigenvalue weighted by atomic mass is 35.5. The van der Waals surface area contributed by atoms with E-state index in [1.807, 2.05) is 0 Å². The minimum atomic E-state index is -4.41. The fourth-order valence-electron chi connectivity index (χ4n) is 1.03. The molecule has 1 aromatic carbocycles. The summed E-state index contributed by atoms with van der Waals surface area (Å²) < 4.78 is 48.7. The molecule has 0 fully saturated rings. The van der Waals surface area contributed by atoms with Crippen molar-refractivity contribution < 1.29 is 17.6 Å². The van der Waals surface area contributed by atoms with Crippen LogP contribution in [-0.2, 0) is 6.18 Å². The van der Waals surface area contributed by atoms with Crippen LogP contribution >= 0.6 is 12.4 Å². The van der Waals surface area contributed by atoms with Crippen molar-refractivity contribution in [2.24, 2.45) is 5.73 Å². The molecule has 0 aliphatic rings. The van der Waals surface area contributed by atoms with Crippen molar-refractivity contribution in [2.75, 3.05) is 6.67 Å². The van der Waals surface area contributed by atoms with Crippen LogP contribution in [0.5, 0.6) is 0 Å². The Morgan fingerprint density at radius 1 is 1.27 bits per heavy atom. The molecule has 0 saturated heterocycles. The van der Waals surface area contributed by atoms with E-state index in [0.717, 1.165) is 12.1 Å². The molecule has 0 aliphatic heterocycles. The summed E-state index contributed by atoms with van der Waals surface area (Å²) >= 11 is 0. The second kappa shape index (κ2) is 5.32. The van der Waals surface area contributed by atoms with Crippen molar-refractivity contribution in [1.82, 2.24) is 0 Å². The zero-order valence-corrected chi connectivity index (χ0v) is 8.41. The topological polar surface area (TPSA) is 26.0 Å². The first-order valence-electron chi connectivity index (χ1n) is 3.94. The molecule has 2 N–H and O–H groups in total. The lowest BCUT2D eigenvalue weighted by molar-refractivity contribution is -0.137. The van der Waals surface area contributed by atoms with Gasteiger partial charge >= 0.3 is 6.18 Å². The van der Waals surface area contributed by atoms with Gasteiger partial charge < -0.3 is 5.73 Å². The first-order chi connectivity index (χ1) is 6.45. The van der Waals surface area contributed by atoms with E-state index in [9.17, 15) is 17.6 Å². The van der Waals surface area contributed by atoms with Crippen molar-refractivity contribution >= 4 is 12.4 Å². The summed E-state index contributed by atoms with van der Waals surface area (Å²) in [7, 11) is 0. The molecule has 0 aromatic heterocycles. The third kappa shape index (κ3) is 3.68. The SMILES string of the molecule is Cl.N[C@@H](CF)c1cccc(C(F)(F)F)c1. The average molecular weight is 244 g/mol. The van der Waals surface area contributed by atoms with E-state index in [1.165, 1.54) is 12.1 Å². The van der Waals surface area contributed by atoms with Crippen molar-refractivity contribution in [3.63, 3.8) is 0 Å². The van der Waals surface area contributed by atoms with E-state index in [1.54, 1.807) is 0 Å². The number of hydrogen-bond donors (Lipinski definition) is 1. The molecule has 0 radical (unpaired) electrons. The van der Waals surface area contributed by atoms with Gasteiger partial charge in [-0.2, -0.15) is 13.2 Å². The van der Waals surface area contributed by atoms with Gasteiger partial charge in [0.15, 0.2) is 0 Å².